The van der Waals surface area contributed by atoms with Gasteiger partial charge in [-0.05, 0) is 60.4 Å². The summed E-state index contributed by atoms with van der Waals surface area (Å²) in [5.74, 6) is -0.751. The Morgan fingerprint density at radius 2 is 1.43 bits per heavy atom. The highest BCUT2D eigenvalue weighted by Gasteiger charge is 2.36. The van der Waals surface area contributed by atoms with Gasteiger partial charge in [-0.3, -0.25) is 13.9 Å². The number of benzene rings is 4. The molecule has 0 bridgehead atoms. The van der Waals surface area contributed by atoms with Crippen molar-refractivity contribution in [1.82, 2.24) is 10.2 Å². The lowest BCUT2D eigenvalue weighted by molar-refractivity contribution is -0.140. The van der Waals surface area contributed by atoms with Crippen LogP contribution in [-0.4, -0.2) is 57.0 Å². The van der Waals surface area contributed by atoms with Crippen LogP contribution < -0.4 is 19.1 Å². The lowest BCUT2D eigenvalue weighted by atomic mass is 9.94. The van der Waals surface area contributed by atoms with E-state index in [0.717, 1.165) is 59.7 Å². The fourth-order valence-corrected chi connectivity index (χ4v) is 7.76. The SMILES string of the molecule is O=C(NC1CCCCC1)C(Cc1ccccc1)N(Cc1ccccc1)C(=O)CN(c1ccc(F)cc1)S(=O)(=O)c1ccc2c(c1)OCCO2. The first-order valence-corrected chi connectivity index (χ1v) is 18.1. The maximum atomic E-state index is 14.7. The first-order chi connectivity index (χ1) is 23.8. The minimum atomic E-state index is -4.40. The predicted octanol–water partition coefficient (Wildman–Crippen LogP) is 5.88. The highest BCUT2D eigenvalue weighted by molar-refractivity contribution is 7.92. The number of hydrogen-bond donors (Lipinski definition) is 1. The molecule has 2 amide bonds. The molecular formula is C38H40FN3O6S. The fourth-order valence-electron chi connectivity index (χ4n) is 6.33. The van der Waals surface area contributed by atoms with Gasteiger partial charge in [-0.2, -0.15) is 0 Å². The van der Waals surface area contributed by atoms with Gasteiger partial charge in [0.1, 0.15) is 31.6 Å². The highest BCUT2D eigenvalue weighted by atomic mass is 32.2. The molecule has 11 heteroatoms. The number of nitrogens with one attached hydrogen (secondary N) is 1. The van der Waals surface area contributed by atoms with E-state index >= 15 is 0 Å². The summed E-state index contributed by atoms with van der Waals surface area (Å²) < 4.78 is 55.0. The summed E-state index contributed by atoms with van der Waals surface area (Å²) in [7, 11) is -4.40. The molecule has 256 valence electrons. The molecule has 0 spiro atoms. The van der Waals surface area contributed by atoms with Crippen LogP contribution in [0, 0.1) is 5.82 Å². The second-order valence-corrected chi connectivity index (χ2v) is 14.2. The minimum Gasteiger partial charge on any atom is -0.486 e. The molecular weight excluding hydrogens is 645 g/mol. The third kappa shape index (κ3) is 8.40. The maximum Gasteiger partial charge on any atom is 0.264 e. The number of carbonyl (C=O) groups is 2. The largest absolute Gasteiger partial charge is 0.486 e. The summed E-state index contributed by atoms with van der Waals surface area (Å²) in [6, 6.07) is 27.0. The molecule has 2 aliphatic rings. The summed E-state index contributed by atoms with van der Waals surface area (Å²) in [6.07, 6.45) is 5.11. The Hall–Kier alpha value is -4.90. The van der Waals surface area contributed by atoms with E-state index in [2.05, 4.69) is 5.32 Å². The average Bonchev–Trinajstić information content (AvgIpc) is 3.13. The predicted molar refractivity (Wildman–Crippen MR) is 184 cm³/mol. The van der Waals surface area contributed by atoms with Crippen molar-refractivity contribution in [2.24, 2.45) is 0 Å². The number of carbonyl (C=O) groups excluding carboxylic acids is 2. The van der Waals surface area contributed by atoms with Gasteiger partial charge in [0, 0.05) is 25.1 Å². The van der Waals surface area contributed by atoms with Crippen LogP contribution in [-0.2, 0) is 32.6 Å². The second kappa shape index (κ2) is 15.5. The highest BCUT2D eigenvalue weighted by Crippen LogP contribution is 2.34. The Morgan fingerprint density at radius 1 is 0.796 bits per heavy atom. The molecule has 1 atom stereocenters. The lowest BCUT2D eigenvalue weighted by Gasteiger charge is -2.35. The van der Waals surface area contributed by atoms with E-state index in [4.69, 9.17) is 9.47 Å². The van der Waals surface area contributed by atoms with Gasteiger partial charge >= 0.3 is 0 Å². The molecule has 9 nitrogen and oxygen atoms in total. The average molecular weight is 686 g/mol. The molecule has 0 radical (unpaired) electrons. The van der Waals surface area contributed by atoms with E-state index < -0.39 is 34.3 Å². The number of sulfonamides is 1. The number of amides is 2. The summed E-state index contributed by atoms with van der Waals surface area (Å²) in [6.45, 7) is 0.0235. The third-order valence-electron chi connectivity index (χ3n) is 8.91. The Balaban J connectivity index is 1.38. The normalized spacial score (nSPS) is 15.2. The summed E-state index contributed by atoms with van der Waals surface area (Å²) >= 11 is 0. The molecule has 0 saturated heterocycles. The van der Waals surface area contributed by atoms with Gasteiger partial charge < -0.3 is 19.7 Å². The van der Waals surface area contributed by atoms with Crippen molar-refractivity contribution in [2.75, 3.05) is 24.1 Å². The van der Waals surface area contributed by atoms with Crippen LogP contribution in [0.3, 0.4) is 0 Å². The van der Waals surface area contributed by atoms with Gasteiger partial charge in [0.25, 0.3) is 10.0 Å². The summed E-state index contributed by atoms with van der Waals surface area (Å²) in [5, 5.41) is 3.20. The van der Waals surface area contributed by atoms with E-state index in [0.29, 0.717) is 12.4 Å². The Morgan fingerprint density at radius 3 is 2.10 bits per heavy atom. The molecule has 1 fully saturated rings. The molecule has 4 aromatic rings. The van der Waals surface area contributed by atoms with Crippen molar-refractivity contribution in [2.45, 2.75) is 62.0 Å². The minimum absolute atomic E-state index is 0.000463. The van der Waals surface area contributed by atoms with Crippen LogP contribution in [0.1, 0.15) is 43.2 Å². The van der Waals surface area contributed by atoms with E-state index in [9.17, 15) is 22.4 Å². The Kier molecular flexibility index (Phi) is 10.8. The topological polar surface area (TPSA) is 105 Å². The van der Waals surface area contributed by atoms with Gasteiger partial charge in [0.2, 0.25) is 11.8 Å². The molecule has 1 unspecified atom stereocenters. The number of halogens is 1. The van der Waals surface area contributed by atoms with Gasteiger partial charge in [0.15, 0.2) is 11.5 Å². The molecule has 49 heavy (non-hydrogen) atoms. The molecule has 1 N–H and O–H groups in total. The van der Waals surface area contributed by atoms with Gasteiger partial charge in [0.05, 0.1) is 10.6 Å². The zero-order valence-electron chi connectivity index (χ0n) is 27.2. The van der Waals surface area contributed by atoms with E-state index in [1.54, 1.807) is 0 Å². The fraction of sp³-hybridized carbons (Fsp3) is 0.316. The molecule has 1 aliphatic heterocycles. The van der Waals surface area contributed by atoms with Crippen molar-refractivity contribution in [1.29, 1.82) is 0 Å². The third-order valence-corrected chi connectivity index (χ3v) is 10.7. The molecule has 1 saturated carbocycles. The zero-order valence-corrected chi connectivity index (χ0v) is 28.0. The first kappa shape index (κ1) is 34.0. The Bertz CT molecular complexity index is 1830. The van der Waals surface area contributed by atoms with Crippen molar-refractivity contribution in [3.8, 4) is 11.5 Å². The number of rotatable bonds is 12. The van der Waals surface area contributed by atoms with Crippen molar-refractivity contribution >= 4 is 27.5 Å². The number of anilines is 1. The van der Waals surface area contributed by atoms with Crippen LogP contribution in [0.2, 0.25) is 0 Å². The van der Waals surface area contributed by atoms with E-state index in [1.807, 2.05) is 60.7 Å². The number of ether oxygens (including phenoxy) is 2. The Labute approximate surface area is 286 Å². The number of fused-ring (bicyclic) bond motifs is 1. The van der Waals surface area contributed by atoms with Crippen LogP contribution in [0.25, 0.3) is 0 Å². The number of nitrogens with zero attached hydrogens (tertiary/aromatic N) is 2. The molecule has 4 aromatic carbocycles. The monoisotopic (exact) mass is 685 g/mol. The van der Waals surface area contributed by atoms with Crippen LogP contribution >= 0.6 is 0 Å². The van der Waals surface area contributed by atoms with Crippen LogP contribution in [0.15, 0.2) is 108 Å². The molecule has 0 aromatic heterocycles. The standard InChI is InChI=1S/C38H40FN3O6S/c39-30-16-18-32(19-17-30)42(49(45,46)33-20-21-35-36(25-33)48-23-22-47-35)27-37(43)41(26-29-12-6-2-7-13-29)34(24-28-10-4-1-5-11-28)38(44)40-31-14-8-3-9-15-31/h1-2,4-7,10-13,16-21,25,31,34H,3,8-9,14-15,22-24,26-27H2,(H,40,44). The summed E-state index contributed by atoms with van der Waals surface area (Å²) in [4.78, 5) is 30.2. The quantitative estimate of drug-likeness (QED) is 0.200. The maximum absolute atomic E-state index is 14.7. The van der Waals surface area contributed by atoms with Crippen molar-refractivity contribution in [3.05, 3.63) is 120 Å². The smallest absolute Gasteiger partial charge is 0.264 e. The second-order valence-electron chi connectivity index (χ2n) is 12.3. The lowest BCUT2D eigenvalue weighted by Crippen LogP contribution is -2.55. The van der Waals surface area contributed by atoms with Gasteiger partial charge in [-0.1, -0.05) is 79.9 Å². The zero-order chi connectivity index (χ0) is 34.2. The molecule has 1 heterocycles. The van der Waals surface area contributed by atoms with E-state index in [1.165, 1.54) is 35.2 Å². The van der Waals surface area contributed by atoms with Crippen molar-refractivity contribution < 1.29 is 31.9 Å². The van der Waals surface area contributed by atoms with E-state index in [-0.39, 0.29) is 47.9 Å². The number of hydrogen-bond acceptors (Lipinski definition) is 6. The molecule has 1 aliphatic carbocycles. The molecule has 6 rings (SSSR count). The van der Waals surface area contributed by atoms with Crippen LogP contribution in [0.5, 0.6) is 11.5 Å². The van der Waals surface area contributed by atoms with Gasteiger partial charge in [-0.15, -0.1) is 0 Å². The van der Waals surface area contributed by atoms with Crippen molar-refractivity contribution in [3.63, 3.8) is 0 Å². The van der Waals surface area contributed by atoms with Gasteiger partial charge in [-0.25, -0.2) is 12.8 Å². The summed E-state index contributed by atoms with van der Waals surface area (Å²) in [5.41, 5.74) is 1.73. The van der Waals surface area contributed by atoms with Crippen LogP contribution in [0.4, 0.5) is 10.1 Å². The first-order valence-electron chi connectivity index (χ1n) is 16.6.